The number of nitrogens with one attached hydrogen (secondary N) is 1. The van der Waals surface area contributed by atoms with E-state index in [-0.39, 0.29) is 5.04 Å². The molecule has 0 spiro atoms. The fourth-order valence-electron chi connectivity index (χ4n) is 3.04. The molecule has 0 aliphatic heterocycles. The number of hydrogen-bond donors (Lipinski definition) is 2. The van der Waals surface area contributed by atoms with Crippen LogP contribution in [0.1, 0.15) is 43.6 Å². The fourth-order valence-corrected chi connectivity index (χ4v) is 4.05. The van der Waals surface area contributed by atoms with Crippen LogP contribution >= 0.6 is 0 Å². The lowest BCUT2D eigenvalue weighted by Crippen LogP contribution is -2.41. The van der Waals surface area contributed by atoms with E-state index in [0.717, 1.165) is 28.0 Å². The lowest BCUT2D eigenvalue weighted by molar-refractivity contribution is 0.101. The molecule has 3 rings (SSSR count). The van der Waals surface area contributed by atoms with E-state index in [9.17, 15) is 5.11 Å². The van der Waals surface area contributed by atoms with E-state index in [1.165, 1.54) is 11.1 Å². The van der Waals surface area contributed by atoms with Crippen LogP contribution in [0.5, 0.6) is 0 Å². The highest BCUT2D eigenvalue weighted by Crippen LogP contribution is 2.37. The Hall–Kier alpha value is -1.95. The Morgan fingerprint density at radius 2 is 1.79 bits per heavy atom. The van der Waals surface area contributed by atoms with Gasteiger partial charge in [0.2, 0.25) is 0 Å². The van der Waals surface area contributed by atoms with Crippen LogP contribution in [0, 0.1) is 13.8 Å². The summed E-state index contributed by atoms with van der Waals surface area (Å²) >= 11 is 0. The Morgan fingerprint density at radius 3 is 2.46 bits per heavy atom. The van der Waals surface area contributed by atoms with Crippen molar-refractivity contribution in [1.29, 1.82) is 0 Å². The lowest BCUT2D eigenvalue weighted by Gasteiger charge is -2.36. The van der Waals surface area contributed by atoms with Crippen LogP contribution in [0.4, 0.5) is 0 Å². The molecular weight excluding hydrogens is 364 g/mol. The highest BCUT2D eigenvalue weighted by atomic mass is 28.4. The predicted molar refractivity (Wildman–Crippen MR) is 119 cm³/mol. The molecule has 1 unspecified atom stereocenters. The maximum atomic E-state index is 10.9. The second-order valence-corrected chi connectivity index (χ2v) is 14.0. The summed E-state index contributed by atoms with van der Waals surface area (Å²) in [7, 11) is -1.92. The topological polar surface area (TPSA) is 58.1 Å². The monoisotopic (exact) mass is 396 g/mol. The maximum absolute atomic E-state index is 10.9. The van der Waals surface area contributed by atoms with Gasteiger partial charge in [0.1, 0.15) is 11.9 Å². The largest absolute Gasteiger partial charge is 0.414 e. The van der Waals surface area contributed by atoms with Crippen LogP contribution in [0.2, 0.25) is 18.1 Å². The molecule has 5 heteroatoms. The third kappa shape index (κ3) is 3.92. The zero-order chi connectivity index (χ0) is 20.7. The van der Waals surface area contributed by atoms with Gasteiger partial charge in [-0.3, -0.25) is 0 Å². The second-order valence-electron chi connectivity index (χ2n) is 9.16. The average Bonchev–Trinajstić information content (AvgIpc) is 3.07. The Bertz CT molecular complexity index is 986. The van der Waals surface area contributed by atoms with Gasteiger partial charge in [-0.2, -0.15) is 0 Å². The van der Waals surface area contributed by atoms with E-state index in [4.69, 9.17) is 9.41 Å². The Kier molecular flexibility index (Phi) is 5.54. The molecule has 150 valence electrons. The first kappa shape index (κ1) is 20.8. The highest BCUT2D eigenvalue weighted by Gasteiger charge is 2.37. The first-order valence-electron chi connectivity index (χ1n) is 9.88. The summed E-state index contributed by atoms with van der Waals surface area (Å²) in [5.41, 5.74) is 6.16. The molecule has 0 aliphatic rings. The number of H-pyrrole nitrogens is 1. The quantitative estimate of drug-likeness (QED) is 0.528. The van der Waals surface area contributed by atoms with Gasteiger partial charge in [0.05, 0.1) is 17.6 Å². The van der Waals surface area contributed by atoms with Gasteiger partial charge >= 0.3 is 0 Å². The molecule has 0 saturated heterocycles. The molecule has 3 aromatic rings. The summed E-state index contributed by atoms with van der Waals surface area (Å²) in [6.07, 6.45) is -0.693. The molecule has 0 saturated carbocycles. The minimum absolute atomic E-state index is 0.111. The molecule has 0 fully saturated rings. The van der Waals surface area contributed by atoms with E-state index in [1.54, 1.807) is 0 Å². The van der Waals surface area contributed by atoms with E-state index < -0.39 is 14.4 Å². The van der Waals surface area contributed by atoms with E-state index in [0.29, 0.717) is 6.61 Å². The minimum Gasteiger partial charge on any atom is -0.414 e. The van der Waals surface area contributed by atoms with Gasteiger partial charge in [-0.15, -0.1) is 0 Å². The summed E-state index contributed by atoms with van der Waals surface area (Å²) < 4.78 is 6.25. The van der Waals surface area contributed by atoms with Crippen molar-refractivity contribution in [2.24, 2.45) is 0 Å². The third-order valence-electron chi connectivity index (χ3n) is 6.16. The van der Waals surface area contributed by atoms with Gasteiger partial charge in [0.15, 0.2) is 8.32 Å². The normalized spacial score (nSPS) is 13.9. The van der Waals surface area contributed by atoms with E-state index in [2.05, 4.69) is 64.8 Å². The van der Waals surface area contributed by atoms with Gasteiger partial charge in [-0.25, -0.2) is 4.98 Å². The molecule has 0 bridgehead atoms. The summed E-state index contributed by atoms with van der Waals surface area (Å²) in [5.74, 6) is 0.783. The molecule has 1 atom stereocenters. The number of aliphatic hydroxyl groups is 1. The van der Waals surface area contributed by atoms with Crippen LogP contribution in [-0.2, 0) is 4.43 Å². The third-order valence-corrected chi connectivity index (χ3v) is 10.7. The van der Waals surface area contributed by atoms with Crippen molar-refractivity contribution in [1.82, 2.24) is 9.97 Å². The number of aryl methyl sites for hydroxylation is 2. The molecule has 4 nitrogen and oxygen atoms in total. The summed E-state index contributed by atoms with van der Waals surface area (Å²) in [6, 6.07) is 12.1. The molecule has 1 heterocycles. The Labute approximate surface area is 169 Å². The van der Waals surface area contributed by atoms with Gasteiger partial charge < -0.3 is 14.5 Å². The first-order chi connectivity index (χ1) is 13.0. The summed E-state index contributed by atoms with van der Waals surface area (Å²) in [4.78, 5) is 8.25. The number of aliphatic hydroxyl groups excluding tert-OH is 1. The number of benzene rings is 2. The van der Waals surface area contributed by atoms with E-state index in [1.807, 2.05) is 24.3 Å². The van der Waals surface area contributed by atoms with Crippen LogP contribution in [0.3, 0.4) is 0 Å². The zero-order valence-corrected chi connectivity index (χ0v) is 19.1. The Balaban J connectivity index is 1.93. The standard InChI is InChI=1S/C23H32N2O2Si/c1-15-12-13-19-21(16(15)2)25-22(24-19)18-11-9-8-10-17(18)20(26)14-27-28(6,7)23(3,4)5/h8-13,20,26H,14H2,1-7H3,(H,24,25). The highest BCUT2D eigenvalue weighted by molar-refractivity contribution is 6.74. The van der Waals surface area contributed by atoms with Crippen LogP contribution < -0.4 is 0 Å². The molecule has 0 amide bonds. The van der Waals surface area contributed by atoms with Crippen molar-refractivity contribution >= 4 is 19.4 Å². The van der Waals surface area contributed by atoms with E-state index >= 15 is 0 Å². The second kappa shape index (κ2) is 7.47. The van der Waals surface area contributed by atoms with Crippen molar-refractivity contribution in [3.05, 3.63) is 53.1 Å². The van der Waals surface area contributed by atoms with Gasteiger partial charge in [-0.05, 0) is 54.7 Å². The molecule has 0 radical (unpaired) electrons. The zero-order valence-electron chi connectivity index (χ0n) is 18.1. The van der Waals surface area contributed by atoms with Crippen molar-refractivity contribution < 1.29 is 9.53 Å². The van der Waals surface area contributed by atoms with Crippen LogP contribution in [0.15, 0.2) is 36.4 Å². The number of rotatable bonds is 5. The minimum atomic E-state index is -1.92. The number of aromatic nitrogens is 2. The van der Waals surface area contributed by atoms with Crippen molar-refractivity contribution in [2.45, 2.75) is 58.9 Å². The number of hydrogen-bond acceptors (Lipinski definition) is 3. The lowest BCUT2D eigenvalue weighted by atomic mass is 10.0. The van der Waals surface area contributed by atoms with Crippen molar-refractivity contribution in [3.8, 4) is 11.4 Å². The molecular formula is C23H32N2O2Si. The van der Waals surface area contributed by atoms with Gasteiger partial charge in [0.25, 0.3) is 0 Å². The average molecular weight is 397 g/mol. The molecule has 2 aromatic carbocycles. The van der Waals surface area contributed by atoms with Crippen molar-refractivity contribution in [3.63, 3.8) is 0 Å². The first-order valence-corrected chi connectivity index (χ1v) is 12.8. The maximum Gasteiger partial charge on any atom is 0.192 e. The summed E-state index contributed by atoms with van der Waals surface area (Å²) in [5, 5.41) is 11.0. The number of fused-ring (bicyclic) bond motifs is 1. The predicted octanol–water partition coefficient (Wildman–Crippen LogP) is 5.90. The summed E-state index contributed by atoms with van der Waals surface area (Å²) in [6.45, 7) is 15.5. The van der Waals surface area contributed by atoms with Gasteiger partial charge in [-0.1, -0.05) is 51.1 Å². The SMILES string of the molecule is Cc1ccc2[nH]c(-c3ccccc3C(O)CO[Si](C)(C)C(C)(C)C)nc2c1C. The number of nitrogens with zero attached hydrogens (tertiary/aromatic N) is 1. The van der Waals surface area contributed by atoms with Crippen LogP contribution in [0.25, 0.3) is 22.4 Å². The fraction of sp³-hybridized carbons (Fsp3) is 0.435. The van der Waals surface area contributed by atoms with Crippen LogP contribution in [-0.4, -0.2) is 30.0 Å². The molecule has 28 heavy (non-hydrogen) atoms. The molecule has 0 aliphatic carbocycles. The Morgan fingerprint density at radius 1 is 1.11 bits per heavy atom. The molecule has 2 N–H and O–H groups in total. The number of aromatic amines is 1. The van der Waals surface area contributed by atoms with Crippen molar-refractivity contribution in [2.75, 3.05) is 6.61 Å². The number of imidazole rings is 1. The smallest absolute Gasteiger partial charge is 0.192 e. The van der Waals surface area contributed by atoms with Gasteiger partial charge in [0, 0.05) is 5.56 Å². The molecule has 1 aromatic heterocycles.